The Bertz CT molecular complexity index is 542. The summed E-state index contributed by atoms with van der Waals surface area (Å²) in [6.45, 7) is 7.31. The van der Waals surface area contributed by atoms with E-state index in [0.29, 0.717) is 0 Å². The predicted molar refractivity (Wildman–Crippen MR) is 95.3 cm³/mol. The number of piperazine rings is 1. The Labute approximate surface area is 145 Å². The van der Waals surface area contributed by atoms with Gasteiger partial charge in [0, 0.05) is 32.2 Å². The number of carbonyl (C=O) groups excluding carboxylic acids is 1. The maximum atomic E-state index is 12.7. The van der Waals surface area contributed by atoms with E-state index in [9.17, 15) is 4.79 Å². The number of hydrogen-bond acceptors (Lipinski definition) is 4. The second-order valence-corrected chi connectivity index (χ2v) is 7.00. The minimum absolute atomic E-state index is 0.0321. The lowest BCUT2D eigenvalue weighted by Gasteiger charge is -2.37. The number of aryl methyl sites for hydroxylation is 1. The Balaban J connectivity index is 1.47. The zero-order chi connectivity index (χ0) is 16.9. The van der Waals surface area contributed by atoms with Gasteiger partial charge in [-0.15, -0.1) is 0 Å². The highest BCUT2D eigenvalue weighted by atomic mass is 16.5. The lowest BCUT2D eigenvalue weighted by atomic mass is 10.1. The number of fused-ring (bicyclic) bond motifs is 4. The summed E-state index contributed by atoms with van der Waals surface area (Å²) in [4.78, 5) is 17.4. The Hall–Kier alpha value is -1.59. The molecule has 2 bridgehead atoms. The minimum Gasteiger partial charge on any atom is -0.497 e. The summed E-state index contributed by atoms with van der Waals surface area (Å²) in [6, 6.07) is 8.39. The number of nitrogens with one attached hydrogen (secondary N) is 1. The van der Waals surface area contributed by atoms with Gasteiger partial charge in [0.1, 0.15) is 11.8 Å². The van der Waals surface area contributed by atoms with Crippen molar-refractivity contribution >= 4 is 5.91 Å². The van der Waals surface area contributed by atoms with Crippen LogP contribution < -0.4 is 10.1 Å². The van der Waals surface area contributed by atoms with Crippen molar-refractivity contribution in [2.24, 2.45) is 0 Å². The van der Waals surface area contributed by atoms with Crippen LogP contribution in [0.2, 0.25) is 0 Å². The molecule has 3 aliphatic rings. The minimum atomic E-state index is 0.0321. The van der Waals surface area contributed by atoms with Gasteiger partial charge >= 0.3 is 0 Å². The molecule has 0 aliphatic carbocycles. The summed E-state index contributed by atoms with van der Waals surface area (Å²) >= 11 is 0. The first-order valence-corrected chi connectivity index (χ1v) is 9.05. The van der Waals surface area contributed by atoms with E-state index >= 15 is 0 Å². The van der Waals surface area contributed by atoms with Gasteiger partial charge in [-0.1, -0.05) is 12.1 Å². The molecule has 1 aromatic rings. The molecular formula is C19H29N3O2. The molecule has 4 atom stereocenters. The normalized spacial score (nSPS) is 27.3. The summed E-state index contributed by atoms with van der Waals surface area (Å²) < 4.78 is 5.18. The van der Waals surface area contributed by atoms with Crippen molar-refractivity contribution in [2.75, 3.05) is 39.8 Å². The molecule has 5 nitrogen and oxygen atoms in total. The number of rotatable bonds is 6. The van der Waals surface area contributed by atoms with Crippen molar-refractivity contribution in [3.8, 4) is 5.75 Å². The summed E-state index contributed by atoms with van der Waals surface area (Å²) in [5, 5.41) is 3.22. The van der Waals surface area contributed by atoms with Crippen LogP contribution in [0.15, 0.2) is 24.3 Å². The van der Waals surface area contributed by atoms with Crippen molar-refractivity contribution in [3.63, 3.8) is 0 Å². The average molecular weight is 331 g/mol. The SMILES string of the molecule is COc1ccc(CCC(C)NC(=O)C2CN3CCCN2CC3)cc1. The standard InChI is InChI=1S/C19H29N3O2/c1-15(4-5-16-6-8-17(24-2)9-7-16)20-19(23)18-14-21-10-3-11-22(18)13-12-21/h6-9,15,18H,3-5,10-14H2,1-2H3,(H,20,23). The third-order valence-corrected chi connectivity index (χ3v) is 5.21. The van der Waals surface area contributed by atoms with Crippen molar-refractivity contribution in [1.29, 1.82) is 0 Å². The molecule has 0 saturated carbocycles. The number of benzene rings is 1. The third kappa shape index (κ3) is 4.28. The van der Waals surface area contributed by atoms with Gasteiger partial charge in [-0.05, 0) is 50.4 Å². The number of nitrogens with zero attached hydrogens (tertiary/aromatic N) is 2. The van der Waals surface area contributed by atoms with Gasteiger partial charge in [0.05, 0.1) is 7.11 Å². The van der Waals surface area contributed by atoms with E-state index in [1.807, 2.05) is 12.1 Å². The van der Waals surface area contributed by atoms with Gasteiger partial charge in [-0.3, -0.25) is 14.6 Å². The van der Waals surface area contributed by atoms with Crippen molar-refractivity contribution < 1.29 is 9.53 Å². The van der Waals surface area contributed by atoms with Crippen molar-refractivity contribution in [1.82, 2.24) is 15.1 Å². The molecule has 3 heterocycles. The summed E-state index contributed by atoms with van der Waals surface area (Å²) in [5.74, 6) is 1.08. The average Bonchev–Trinajstić information content (AvgIpc) is 2.96. The smallest absolute Gasteiger partial charge is 0.238 e. The van der Waals surface area contributed by atoms with Crippen LogP contribution in [0.5, 0.6) is 5.75 Å². The second kappa shape index (κ2) is 7.99. The number of methoxy groups -OCH3 is 1. The fraction of sp³-hybridized carbons (Fsp3) is 0.632. The first-order chi connectivity index (χ1) is 11.7. The zero-order valence-corrected chi connectivity index (χ0v) is 14.8. The highest BCUT2D eigenvalue weighted by molar-refractivity contribution is 5.82. The third-order valence-electron chi connectivity index (χ3n) is 5.21. The maximum absolute atomic E-state index is 12.7. The molecule has 3 saturated heterocycles. The Kier molecular flexibility index (Phi) is 5.74. The van der Waals surface area contributed by atoms with E-state index in [2.05, 4.69) is 34.2 Å². The van der Waals surface area contributed by atoms with Gasteiger partial charge < -0.3 is 10.1 Å². The first kappa shape index (κ1) is 17.2. The summed E-state index contributed by atoms with van der Waals surface area (Å²) in [6.07, 6.45) is 3.09. The lowest BCUT2D eigenvalue weighted by Crippen LogP contribution is -2.57. The van der Waals surface area contributed by atoms with Crippen LogP contribution in [0.3, 0.4) is 0 Å². The molecule has 1 amide bonds. The Morgan fingerprint density at radius 3 is 2.79 bits per heavy atom. The van der Waals surface area contributed by atoms with Crippen LogP contribution in [0.1, 0.15) is 25.3 Å². The molecule has 1 aromatic carbocycles. The van der Waals surface area contributed by atoms with E-state index in [4.69, 9.17) is 4.74 Å². The number of hydrogen-bond donors (Lipinski definition) is 1. The quantitative estimate of drug-likeness (QED) is 0.858. The van der Waals surface area contributed by atoms with E-state index in [-0.39, 0.29) is 18.0 Å². The fourth-order valence-corrected chi connectivity index (χ4v) is 3.68. The molecule has 24 heavy (non-hydrogen) atoms. The van der Waals surface area contributed by atoms with E-state index in [1.165, 1.54) is 12.0 Å². The first-order valence-electron chi connectivity index (χ1n) is 9.05. The monoisotopic (exact) mass is 331 g/mol. The van der Waals surface area contributed by atoms with Crippen molar-refractivity contribution in [2.45, 2.75) is 38.3 Å². The molecule has 5 heteroatoms. The Morgan fingerprint density at radius 1 is 1.25 bits per heavy atom. The highest BCUT2D eigenvalue weighted by Crippen LogP contribution is 2.16. The highest BCUT2D eigenvalue weighted by Gasteiger charge is 2.34. The number of carbonyl (C=O) groups is 1. The maximum Gasteiger partial charge on any atom is 0.238 e. The lowest BCUT2D eigenvalue weighted by molar-refractivity contribution is -0.128. The zero-order valence-electron chi connectivity index (χ0n) is 14.8. The van der Waals surface area contributed by atoms with Crippen LogP contribution in [0.4, 0.5) is 0 Å². The predicted octanol–water partition coefficient (Wildman–Crippen LogP) is 1.52. The van der Waals surface area contributed by atoms with Gasteiger partial charge in [-0.25, -0.2) is 0 Å². The second-order valence-electron chi connectivity index (χ2n) is 7.00. The number of ether oxygens (including phenoxy) is 1. The molecule has 0 radical (unpaired) electrons. The van der Waals surface area contributed by atoms with Crippen LogP contribution in [0.25, 0.3) is 0 Å². The molecule has 3 fully saturated rings. The van der Waals surface area contributed by atoms with Crippen LogP contribution in [-0.2, 0) is 11.2 Å². The van der Waals surface area contributed by atoms with Gasteiger partial charge in [0.25, 0.3) is 0 Å². The molecular weight excluding hydrogens is 302 g/mol. The molecule has 0 spiro atoms. The largest absolute Gasteiger partial charge is 0.497 e. The van der Waals surface area contributed by atoms with Gasteiger partial charge in [-0.2, -0.15) is 0 Å². The number of amides is 1. The molecule has 4 rings (SSSR count). The van der Waals surface area contributed by atoms with Gasteiger partial charge in [0.15, 0.2) is 0 Å². The van der Waals surface area contributed by atoms with E-state index < -0.39 is 0 Å². The summed E-state index contributed by atoms with van der Waals surface area (Å²) in [7, 11) is 1.68. The van der Waals surface area contributed by atoms with E-state index in [0.717, 1.165) is 51.3 Å². The van der Waals surface area contributed by atoms with E-state index in [1.54, 1.807) is 7.11 Å². The fourth-order valence-electron chi connectivity index (χ4n) is 3.68. The van der Waals surface area contributed by atoms with Crippen LogP contribution in [0, 0.1) is 0 Å². The Morgan fingerprint density at radius 2 is 2.04 bits per heavy atom. The molecule has 3 aliphatic heterocycles. The summed E-state index contributed by atoms with van der Waals surface area (Å²) in [5.41, 5.74) is 1.28. The molecule has 132 valence electrons. The molecule has 1 N–H and O–H groups in total. The molecule has 4 unspecified atom stereocenters. The topological polar surface area (TPSA) is 44.8 Å². The molecule has 0 aromatic heterocycles. The van der Waals surface area contributed by atoms with Crippen molar-refractivity contribution in [3.05, 3.63) is 29.8 Å². The van der Waals surface area contributed by atoms with Crippen LogP contribution in [-0.4, -0.2) is 67.6 Å². The van der Waals surface area contributed by atoms with Gasteiger partial charge in [0.2, 0.25) is 5.91 Å². The van der Waals surface area contributed by atoms with Crippen LogP contribution >= 0.6 is 0 Å².